The first kappa shape index (κ1) is 29.2. The lowest BCUT2D eigenvalue weighted by atomic mass is 10.0. The molecule has 4 aromatic rings. The maximum absolute atomic E-state index is 15.0. The van der Waals surface area contributed by atoms with Crippen LogP contribution >= 0.6 is 0 Å². The van der Waals surface area contributed by atoms with Crippen LogP contribution in [0.25, 0.3) is 11.1 Å². The van der Waals surface area contributed by atoms with Gasteiger partial charge in [0.1, 0.15) is 11.6 Å². The topological polar surface area (TPSA) is 73.4 Å². The van der Waals surface area contributed by atoms with Crippen molar-refractivity contribution >= 4 is 23.1 Å². The molecule has 2 aromatic heterocycles. The minimum atomic E-state index is -4.64. The first-order chi connectivity index (χ1) is 20.1. The Balaban J connectivity index is 1.38. The zero-order valence-corrected chi connectivity index (χ0v) is 23.2. The summed E-state index contributed by atoms with van der Waals surface area (Å²) < 4.78 is 57.0. The smallest absolute Gasteiger partial charge is 0.339 e. The summed E-state index contributed by atoms with van der Waals surface area (Å²) in [5, 5.41) is 5.68. The number of hydrogen-bond donors (Lipinski definition) is 2. The van der Waals surface area contributed by atoms with Crippen molar-refractivity contribution in [2.45, 2.75) is 19.6 Å². The molecule has 0 aliphatic carbocycles. The number of likely N-dealkylation sites (N-methyl/N-ethyl adjacent to an activating group) is 1. The Hall–Kier alpha value is -4.35. The number of pyridine rings is 2. The van der Waals surface area contributed by atoms with Crippen LogP contribution in [0.5, 0.6) is 0 Å². The predicted molar refractivity (Wildman–Crippen MR) is 154 cm³/mol. The van der Waals surface area contributed by atoms with Crippen molar-refractivity contribution in [3.8, 4) is 11.1 Å². The van der Waals surface area contributed by atoms with Crippen LogP contribution in [0.3, 0.4) is 0 Å². The van der Waals surface area contributed by atoms with E-state index in [0.717, 1.165) is 36.3 Å². The molecule has 0 spiro atoms. The monoisotopic (exact) mass is 578 g/mol. The number of benzene rings is 2. The van der Waals surface area contributed by atoms with Crippen LogP contribution in [-0.2, 0) is 12.7 Å². The first-order valence-electron chi connectivity index (χ1n) is 13.4. The van der Waals surface area contributed by atoms with Gasteiger partial charge in [-0.2, -0.15) is 13.2 Å². The maximum Gasteiger partial charge on any atom is 0.416 e. The van der Waals surface area contributed by atoms with Crippen molar-refractivity contribution in [1.82, 2.24) is 19.8 Å². The molecule has 1 aliphatic heterocycles. The van der Waals surface area contributed by atoms with Gasteiger partial charge in [-0.1, -0.05) is 6.07 Å². The molecule has 5 rings (SSSR count). The van der Waals surface area contributed by atoms with Crippen LogP contribution in [0.15, 0.2) is 73.2 Å². The van der Waals surface area contributed by atoms with Gasteiger partial charge in [0.05, 0.1) is 5.56 Å². The van der Waals surface area contributed by atoms with Gasteiger partial charge in [-0.3, -0.25) is 14.7 Å². The van der Waals surface area contributed by atoms with Crippen molar-refractivity contribution in [3.05, 3.63) is 101 Å². The van der Waals surface area contributed by atoms with Crippen LogP contribution < -0.4 is 10.6 Å². The minimum Gasteiger partial charge on any atom is -0.339 e. The second kappa shape index (κ2) is 12.3. The molecule has 0 saturated carbocycles. The molecule has 1 aliphatic rings. The number of nitrogens with zero attached hydrogens (tertiary/aromatic N) is 4. The van der Waals surface area contributed by atoms with Gasteiger partial charge in [0, 0.05) is 79.4 Å². The van der Waals surface area contributed by atoms with E-state index < -0.39 is 23.5 Å². The minimum absolute atomic E-state index is 0.0852. The standard InChI is InChI=1S/C31H30F4N6O/c1-20-27(32)17-24(18-28(20)39-29-25(4-3-9-37-29)21-7-10-36-11-8-21)38-30(42)22-5-6-23(26(16-22)31(33,34)35)19-41-14-12-40(2)13-15-41/h3-11,16-18H,12-15,19H2,1-2H3,(H,37,39)(H,38,42). The van der Waals surface area contributed by atoms with Crippen LogP contribution in [0.4, 0.5) is 34.8 Å². The molecule has 1 fully saturated rings. The van der Waals surface area contributed by atoms with Gasteiger partial charge < -0.3 is 15.5 Å². The molecular formula is C31H30F4N6O. The van der Waals surface area contributed by atoms with Crippen molar-refractivity contribution in [1.29, 1.82) is 0 Å². The van der Waals surface area contributed by atoms with Gasteiger partial charge in [0.15, 0.2) is 0 Å². The van der Waals surface area contributed by atoms with Crippen LogP contribution in [0, 0.1) is 12.7 Å². The molecule has 3 heterocycles. The maximum atomic E-state index is 15.0. The van der Waals surface area contributed by atoms with E-state index in [1.165, 1.54) is 18.2 Å². The van der Waals surface area contributed by atoms with Gasteiger partial charge >= 0.3 is 6.18 Å². The van der Waals surface area contributed by atoms with Crippen molar-refractivity contribution in [2.24, 2.45) is 0 Å². The third-order valence-corrected chi connectivity index (χ3v) is 7.32. The summed E-state index contributed by atoms with van der Waals surface area (Å²) in [4.78, 5) is 25.6. The molecular weight excluding hydrogens is 548 g/mol. The highest BCUT2D eigenvalue weighted by molar-refractivity contribution is 6.04. The molecule has 7 nitrogen and oxygen atoms in total. The van der Waals surface area contributed by atoms with Crippen molar-refractivity contribution < 1.29 is 22.4 Å². The van der Waals surface area contributed by atoms with E-state index in [0.29, 0.717) is 24.6 Å². The molecule has 2 N–H and O–H groups in total. The van der Waals surface area contributed by atoms with Gasteiger partial charge in [-0.15, -0.1) is 0 Å². The summed E-state index contributed by atoms with van der Waals surface area (Å²) >= 11 is 0. The molecule has 42 heavy (non-hydrogen) atoms. The van der Waals surface area contributed by atoms with Crippen molar-refractivity contribution in [2.75, 3.05) is 43.9 Å². The number of aromatic nitrogens is 2. The lowest BCUT2D eigenvalue weighted by Gasteiger charge is -2.33. The van der Waals surface area contributed by atoms with Crippen molar-refractivity contribution in [3.63, 3.8) is 0 Å². The Bertz CT molecular complexity index is 1570. The number of carbonyl (C=O) groups is 1. The van der Waals surface area contributed by atoms with E-state index in [1.54, 1.807) is 31.6 Å². The zero-order chi connectivity index (χ0) is 29.9. The van der Waals surface area contributed by atoms with Gasteiger partial charge in [0.2, 0.25) is 0 Å². The molecule has 0 radical (unpaired) electrons. The summed E-state index contributed by atoms with van der Waals surface area (Å²) in [6.07, 6.45) is 0.253. The lowest BCUT2D eigenvalue weighted by molar-refractivity contribution is -0.138. The average Bonchev–Trinajstić information content (AvgIpc) is 2.97. The molecule has 11 heteroatoms. The Labute approximate surface area is 241 Å². The fourth-order valence-electron chi connectivity index (χ4n) is 4.85. The number of piperazine rings is 1. The summed E-state index contributed by atoms with van der Waals surface area (Å²) in [6, 6.07) is 13.5. The normalized spacial score (nSPS) is 14.5. The first-order valence-corrected chi connectivity index (χ1v) is 13.4. The SMILES string of the molecule is Cc1c(F)cc(NC(=O)c2ccc(CN3CCN(C)CC3)c(C(F)(F)F)c2)cc1Nc1ncccc1-c1ccncc1. The van der Waals surface area contributed by atoms with Crippen LogP contribution in [0.1, 0.15) is 27.0 Å². The van der Waals surface area contributed by atoms with E-state index in [2.05, 4.69) is 25.5 Å². The third kappa shape index (κ3) is 6.75. The summed E-state index contributed by atoms with van der Waals surface area (Å²) in [6.45, 7) is 4.58. The summed E-state index contributed by atoms with van der Waals surface area (Å²) in [5.41, 5.74) is 1.39. The van der Waals surface area contributed by atoms with E-state index in [1.807, 2.05) is 30.1 Å². The van der Waals surface area contributed by atoms with Crippen LogP contribution in [-0.4, -0.2) is 58.9 Å². The van der Waals surface area contributed by atoms with Crippen LogP contribution in [0.2, 0.25) is 0 Å². The van der Waals surface area contributed by atoms with Gasteiger partial charge in [0.25, 0.3) is 5.91 Å². The predicted octanol–water partition coefficient (Wildman–Crippen LogP) is 6.35. The number of anilines is 3. The highest BCUT2D eigenvalue weighted by atomic mass is 19.4. The van der Waals surface area contributed by atoms with Gasteiger partial charge in [-0.05, 0) is 73.6 Å². The Kier molecular flexibility index (Phi) is 8.51. The number of carbonyl (C=O) groups excluding carboxylic acids is 1. The second-order valence-corrected chi connectivity index (χ2v) is 10.3. The highest BCUT2D eigenvalue weighted by Crippen LogP contribution is 2.35. The number of nitrogens with one attached hydrogen (secondary N) is 2. The van der Waals surface area contributed by atoms with E-state index >= 15 is 0 Å². The number of alkyl halides is 3. The molecule has 0 bridgehead atoms. The Morgan fingerprint density at radius 1 is 0.976 bits per heavy atom. The third-order valence-electron chi connectivity index (χ3n) is 7.32. The quantitative estimate of drug-likeness (QED) is 0.249. The number of halogens is 4. The van der Waals surface area contributed by atoms with E-state index in [-0.39, 0.29) is 28.9 Å². The Morgan fingerprint density at radius 3 is 2.43 bits per heavy atom. The molecule has 2 aromatic carbocycles. The summed E-state index contributed by atoms with van der Waals surface area (Å²) in [7, 11) is 1.98. The second-order valence-electron chi connectivity index (χ2n) is 10.3. The highest BCUT2D eigenvalue weighted by Gasteiger charge is 2.34. The zero-order valence-electron chi connectivity index (χ0n) is 23.2. The average molecular weight is 579 g/mol. The largest absolute Gasteiger partial charge is 0.416 e. The lowest BCUT2D eigenvalue weighted by Crippen LogP contribution is -2.44. The van der Waals surface area contributed by atoms with E-state index in [4.69, 9.17) is 0 Å². The number of hydrogen-bond acceptors (Lipinski definition) is 6. The van der Waals surface area contributed by atoms with Gasteiger partial charge in [-0.25, -0.2) is 9.37 Å². The molecule has 1 saturated heterocycles. The number of amides is 1. The fraction of sp³-hybridized carbons (Fsp3) is 0.258. The molecule has 218 valence electrons. The Morgan fingerprint density at radius 2 is 1.71 bits per heavy atom. The summed E-state index contributed by atoms with van der Waals surface area (Å²) in [5.74, 6) is -0.924. The van der Waals surface area contributed by atoms with E-state index in [9.17, 15) is 22.4 Å². The molecule has 1 amide bonds. The molecule has 0 unspecified atom stereocenters. The molecule has 0 atom stereocenters. The fourth-order valence-corrected chi connectivity index (χ4v) is 4.85. The number of rotatable bonds is 7.